The molecule has 2 aromatic heterocycles. The van der Waals surface area contributed by atoms with Crippen LogP contribution in [0.1, 0.15) is 21.9 Å². The number of pyridine rings is 1. The highest BCUT2D eigenvalue weighted by Gasteiger charge is 1.99. The molecule has 0 amide bonds. The zero-order valence-corrected chi connectivity index (χ0v) is 8.00. The molecule has 0 fully saturated rings. The highest BCUT2D eigenvalue weighted by molar-refractivity contribution is 5.73. The van der Waals surface area contributed by atoms with Crippen molar-refractivity contribution in [3.63, 3.8) is 0 Å². The first-order valence-electron chi connectivity index (χ1n) is 4.54. The van der Waals surface area contributed by atoms with Gasteiger partial charge in [-0.15, -0.1) is 0 Å². The van der Waals surface area contributed by atoms with E-state index in [9.17, 15) is 4.79 Å². The molecule has 0 saturated carbocycles. The number of rotatable bonds is 3. The van der Waals surface area contributed by atoms with E-state index in [1.807, 2.05) is 18.2 Å². The van der Waals surface area contributed by atoms with E-state index in [0.29, 0.717) is 17.8 Å². The van der Waals surface area contributed by atoms with E-state index < -0.39 is 0 Å². The predicted octanol–water partition coefficient (Wildman–Crippen LogP) is 1.27. The van der Waals surface area contributed by atoms with Crippen LogP contribution in [-0.2, 0) is 6.42 Å². The Morgan fingerprint density at radius 2 is 1.93 bits per heavy atom. The maximum Gasteiger partial charge on any atom is 0.153 e. The number of nitrogens with zero attached hydrogens (tertiary/aromatic N) is 3. The molecule has 2 aromatic rings. The molecule has 4 heteroatoms. The van der Waals surface area contributed by atoms with E-state index in [0.717, 1.165) is 12.0 Å². The molecule has 0 aliphatic heterocycles. The zero-order valence-electron chi connectivity index (χ0n) is 8.00. The first-order chi connectivity index (χ1) is 7.38. The maximum atomic E-state index is 10.4. The van der Waals surface area contributed by atoms with E-state index in [-0.39, 0.29) is 0 Å². The van der Waals surface area contributed by atoms with Crippen molar-refractivity contribution in [2.45, 2.75) is 6.42 Å². The Hall–Kier alpha value is -2.10. The number of hydrogen-bond acceptors (Lipinski definition) is 4. The van der Waals surface area contributed by atoms with Gasteiger partial charge in [-0.25, -0.2) is 9.97 Å². The molecule has 0 aromatic carbocycles. The largest absolute Gasteiger partial charge is 0.298 e. The van der Waals surface area contributed by atoms with E-state index in [1.165, 1.54) is 12.4 Å². The van der Waals surface area contributed by atoms with Crippen molar-refractivity contribution in [1.82, 2.24) is 15.0 Å². The third-order valence-electron chi connectivity index (χ3n) is 1.93. The maximum absolute atomic E-state index is 10.4. The van der Waals surface area contributed by atoms with Crippen molar-refractivity contribution in [1.29, 1.82) is 0 Å². The summed E-state index contributed by atoms with van der Waals surface area (Å²) in [5, 5.41) is 0. The van der Waals surface area contributed by atoms with Crippen LogP contribution in [0.15, 0.2) is 36.8 Å². The average molecular weight is 199 g/mol. The van der Waals surface area contributed by atoms with Crippen LogP contribution in [0.25, 0.3) is 0 Å². The molecule has 0 spiro atoms. The van der Waals surface area contributed by atoms with Gasteiger partial charge < -0.3 is 0 Å². The molecule has 15 heavy (non-hydrogen) atoms. The average Bonchev–Trinajstić information content (AvgIpc) is 2.31. The fourth-order valence-electron chi connectivity index (χ4n) is 1.18. The van der Waals surface area contributed by atoms with E-state index in [1.54, 1.807) is 6.20 Å². The first kappa shape index (κ1) is 9.45. The van der Waals surface area contributed by atoms with Gasteiger partial charge in [-0.1, -0.05) is 6.07 Å². The molecule has 2 heterocycles. The first-order valence-corrected chi connectivity index (χ1v) is 4.54. The van der Waals surface area contributed by atoms with Gasteiger partial charge in [0.05, 0.1) is 5.56 Å². The Bertz CT molecular complexity index is 439. The van der Waals surface area contributed by atoms with E-state index in [2.05, 4.69) is 15.0 Å². The van der Waals surface area contributed by atoms with Crippen LogP contribution in [0.4, 0.5) is 0 Å². The summed E-state index contributed by atoms with van der Waals surface area (Å²) in [6.45, 7) is 0. The van der Waals surface area contributed by atoms with Crippen molar-refractivity contribution in [2.75, 3.05) is 0 Å². The monoisotopic (exact) mass is 199 g/mol. The normalized spacial score (nSPS) is 9.87. The van der Waals surface area contributed by atoms with Crippen LogP contribution < -0.4 is 0 Å². The molecular formula is C11H9N3O. The van der Waals surface area contributed by atoms with Crippen LogP contribution in [-0.4, -0.2) is 21.2 Å². The lowest BCUT2D eigenvalue weighted by atomic mass is 10.2. The molecule has 0 unspecified atom stereocenters. The van der Waals surface area contributed by atoms with Gasteiger partial charge in [0.2, 0.25) is 0 Å². The third-order valence-corrected chi connectivity index (χ3v) is 1.93. The predicted molar refractivity (Wildman–Crippen MR) is 54.5 cm³/mol. The summed E-state index contributed by atoms with van der Waals surface area (Å²) in [6, 6.07) is 5.69. The minimum Gasteiger partial charge on any atom is -0.298 e. The quantitative estimate of drug-likeness (QED) is 0.698. The molecule has 74 valence electrons. The lowest BCUT2D eigenvalue weighted by Crippen LogP contribution is -1.98. The molecule has 0 N–H and O–H groups in total. The van der Waals surface area contributed by atoms with Gasteiger partial charge in [-0.05, 0) is 12.1 Å². The molecule has 0 bridgehead atoms. The number of aromatic nitrogens is 3. The van der Waals surface area contributed by atoms with Gasteiger partial charge in [-0.3, -0.25) is 9.78 Å². The van der Waals surface area contributed by atoms with Crippen molar-refractivity contribution >= 4 is 6.29 Å². The number of carbonyl (C=O) groups is 1. The summed E-state index contributed by atoms with van der Waals surface area (Å²) in [4.78, 5) is 22.7. The zero-order chi connectivity index (χ0) is 10.5. The fourth-order valence-corrected chi connectivity index (χ4v) is 1.18. The smallest absolute Gasteiger partial charge is 0.153 e. The van der Waals surface area contributed by atoms with Crippen molar-refractivity contribution in [3.8, 4) is 0 Å². The van der Waals surface area contributed by atoms with Crippen LogP contribution in [0, 0.1) is 0 Å². The van der Waals surface area contributed by atoms with Crippen molar-refractivity contribution in [2.24, 2.45) is 0 Å². The second-order valence-electron chi connectivity index (χ2n) is 3.05. The summed E-state index contributed by atoms with van der Waals surface area (Å²) in [7, 11) is 0. The van der Waals surface area contributed by atoms with Crippen LogP contribution in [0.5, 0.6) is 0 Å². The summed E-state index contributed by atoms with van der Waals surface area (Å²) >= 11 is 0. The molecule has 0 atom stereocenters. The lowest BCUT2D eigenvalue weighted by Gasteiger charge is -1.98. The number of hydrogen-bond donors (Lipinski definition) is 0. The van der Waals surface area contributed by atoms with Gasteiger partial charge in [-0.2, -0.15) is 0 Å². The summed E-state index contributed by atoms with van der Waals surface area (Å²) in [5.74, 6) is 0.666. The lowest BCUT2D eigenvalue weighted by molar-refractivity contribution is 0.112. The molecule has 4 nitrogen and oxygen atoms in total. The molecular weight excluding hydrogens is 190 g/mol. The highest BCUT2D eigenvalue weighted by Crippen LogP contribution is 2.01. The summed E-state index contributed by atoms with van der Waals surface area (Å²) in [6.07, 6.45) is 6.07. The fraction of sp³-hybridized carbons (Fsp3) is 0.0909. The second-order valence-corrected chi connectivity index (χ2v) is 3.05. The summed E-state index contributed by atoms with van der Waals surface area (Å²) in [5.41, 5.74) is 1.40. The van der Waals surface area contributed by atoms with Gasteiger partial charge in [0.25, 0.3) is 0 Å². The van der Waals surface area contributed by atoms with Gasteiger partial charge in [0.15, 0.2) is 6.29 Å². The third kappa shape index (κ3) is 2.43. The van der Waals surface area contributed by atoms with Crippen LogP contribution in [0.3, 0.4) is 0 Å². The molecule has 0 radical (unpaired) electrons. The minimum absolute atomic E-state index is 0.486. The number of aldehydes is 1. The SMILES string of the molecule is O=Cc1cnc(Cc2ccccn2)nc1. The van der Waals surface area contributed by atoms with E-state index >= 15 is 0 Å². The number of carbonyl (C=O) groups excluding carboxylic acids is 1. The Morgan fingerprint density at radius 3 is 2.53 bits per heavy atom. The van der Waals surface area contributed by atoms with Crippen molar-refractivity contribution < 1.29 is 4.79 Å². The van der Waals surface area contributed by atoms with Gasteiger partial charge in [0.1, 0.15) is 5.82 Å². The van der Waals surface area contributed by atoms with Gasteiger partial charge in [0, 0.05) is 30.7 Å². The van der Waals surface area contributed by atoms with Crippen LogP contribution >= 0.6 is 0 Å². The van der Waals surface area contributed by atoms with E-state index in [4.69, 9.17) is 0 Å². The minimum atomic E-state index is 0.486. The molecule has 0 aliphatic carbocycles. The molecule has 2 rings (SSSR count). The van der Waals surface area contributed by atoms with Crippen LogP contribution in [0.2, 0.25) is 0 Å². The van der Waals surface area contributed by atoms with Crippen molar-refractivity contribution in [3.05, 3.63) is 53.9 Å². The Labute approximate surface area is 87.0 Å². The molecule has 0 aliphatic rings. The molecule has 0 saturated heterocycles. The highest BCUT2D eigenvalue weighted by atomic mass is 16.1. The standard InChI is InChI=1S/C11H9N3O/c15-8-9-6-13-11(14-7-9)5-10-3-1-2-4-12-10/h1-4,6-8H,5H2. The second kappa shape index (κ2) is 4.41. The van der Waals surface area contributed by atoms with Gasteiger partial charge >= 0.3 is 0 Å². The Kier molecular flexibility index (Phi) is 2.78. The topological polar surface area (TPSA) is 55.7 Å². The Morgan fingerprint density at radius 1 is 1.13 bits per heavy atom. The summed E-state index contributed by atoms with van der Waals surface area (Å²) < 4.78 is 0. The Balaban J connectivity index is 2.15.